The Labute approximate surface area is 429 Å². The van der Waals surface area contributed by atoms with E-state index in [4.69, 9.17) is 15.0 Å². The highest BCUT2D eigenvalue weighted by Gasteiger charge is 2.27. The van der Waals surface area contributed by atoms with Gasteiger partial charge < -0.3 is 13.7 Å². The zero-order chi connectivity index (χ0) is 49.6. The van der Waals surface area contributed by atoms with Gasteiger partial charge in [0.15, 0.2) is 17.5 Å². The Hall–Kier alpha value is -9.71. The van der Waals surface area contributed by atoms with Crippen LogP contribution in [0.3, 0.4) is 0 Å². The summed E-state index contributed by atoms with van der Waals surface area (Å²) in [6, 6.07) is 79.4. The van der Waals surface area contributed by atoms with Crippen LogP contribution in [-0.2, 0) is 0 Å². The number of aromatic nitrogens is 6. The predicted octanol–water partition coefficient (Wildman–Crippen LogP) is 10.5. The molecule has 14 rings (SSSR count). The van der Waals surface area contributed by atoms with Gasteiger partial charge in [-0.15, -0.1) is 0 Å². The quantitative estimate of drug-likeness (QED) is 0.149. The Morgan fingerprint density at radius 1 is 0.351 bits per heavy atom. The van der Waals surface area contributed by atoms with Crippen molar-refractivity contribution in [2.24, 2.45) is 0 Å². The second-order valence-electron chi connectivity index (χ2n) is 19.2. The van der Waals surface area contributed by atoms with Crippen LogP contribution in [0.2, 0.25) is 0 Å². The lowest BCUT2D eigenvalue weighted by atomic mass is 9.69. The van der Waals surface area contributed by atoms with E-state index in [1.165, 1.54) is 0 Å². The van der Waals surface area contributed by atoms with E-state index in [0.717, 1.165) is 127 Å². The van der Waals surface area contributed by atoms with E-state index in [1.807, 2.05) is 12.1 Å². The standard InChI is InChI=1S/C64H42B3N7/c65-57-49(37-68)61(74-51-26-14-10-22-44(51)46-33-35-54-55(60(46)74)47-24-12-15-27-52(47)73(54)43-20-8-3-9-21-43)59(67)58(66)56(57)64-70-62(40-30-28-39(29-31-40)38-16-4-1-5-17-38)69-63(71-64)41-32-34-53-48(36-41)45-23-11-13-25-50(45)72(53)42-18-6-2-7-19-42/h1-36H,65-67H2. The molecule has 74 heavy (non-hydrogen) atoms. The van der Waals surface area contributed by atoms with E-state index in [0.29, 0.717) is 23.0 Å². The molecule has 0 saturated carbocycles. The summed E-state index contributed by atoms with van der Waals surface area (Å²) in [7, 11) is 6.34. The highest BCUT2D eigenvalue weighted by molar-refractivity contribution is 6.56. The van der Waals surface area contributed by atoms with Crippen molar-refractivity contribution in [1.82, 2.24) is 28.7 Å². The Balaban J connectivity index is 1.01. The van der Waals surface area contributed by atoms with Gasteiger partial charge in [-0.3, -0.25) is 0 Å². The second kappa shape index (κ2) is 17.0. The molecule has 10 aromatic carbocycles. The normalized spacial score (nSPS) is 11.7. The molecule has 4 aromatic heterocycles. The lowest BCUT2D eigenvalue weighted by Gasteiger charge is -2.22. The van der Waals surface area contributed by atoms with Crippen LogP contribution in [0.4, 0.5) is 0 Å². The maximum Gasteiger partial charge on any atom is 0.164 e. The summed E-state index contributed by atoms with van der Waals surface area (Å²) in [6.45, 7) is 0. The number of fused-ring (bicyclic) bond motifs is 10. The van der Waals surface area contributed by atoms with Crippen LogP contribution >= 0.6 is 0 Å². The van der Waals surface area contributed by atoms with Crippen LogP contribution in [0.25, 0.3) is 128 Å². The van der Waals surface area contributed by atoms with E-state index in [2.05, 4.69) is 250 Å². The van der Waals surface area contributed by atoms with Crippen molar-refractivity contribution in [3.63, 3.8) is 0 Å². The summed E-state index contributed by atoms with van der Waals surface area (Å²) >= 11 is 0. The van der Waals surface area contributed by atoms with Crippen molar-refractivity contribution in [1.29, 1.82) is 5.26 Å². The number of benzene rings is 10. The van der Waals surface area contributed by atoms with Crippen LogP contribution in [0, 0.1) is 11.3 Å². The topological polar surface area (TPSA) is 77.2 Å². The lowest BCUT2D eigenvalue weighted by Crippen LogP contribution is -2.39. The van der Waals surface area contributed by atoms with E-state index in [1.54, 1.807) is 0 Å². The summed E-state index contributed by atoms with van der Waals surface area (Å²) in [6.07, 6.45) is 0. The van der Waals surface area contributed by atoms with Gasteiger partial charge in [0.05, 0.1) is 44.4 Å². The van der Waals surface area contributed by atoms with Crippen LogP contribution in [0.1, 0.15) is 5.56 Å². The minimum atomic E-state index is 0.514. The first-order valence-electron chi connectivity index (χ1n) is 25.0. The predicted molar refractivity (Wildman–Crippen MR) is 314 cm³/mol. The summed E-state index contributed by atoms with van der Waals surface area (Å²) in [5.74, 6) is 1.62. The molecule has 0 N–H and O–H groups in total. The first kappa shape index (κ1) is 43.1. The van der Waals surface area contributed by atoms with Gasteiger partial charge in [-0.2, -0.15) is 5.26 Å². The molecule has 0 atom stereocenters. The number of nitriles is 1. The van der Waals surface area contributed by atoms with Crippen molar-refractivity contribution in [3.05, 3.63) is 224 Å². The lowest BCUT2D eigenvalue weighted by molar-refractivity contribution is 1.08. The Kier molecular flexibility index (Phi) is 9.89. The molecule has 0 radical (unpaired) electrons. The molecule has 0 aliphatic heterocycles. The first-order chi connectivity index (χ1) is 36.4. The van der Waals surface area contributed by atoms with Gasteiger partial charge in [0, 0.05) is 60.4 Å². The molecule has 0 bridgehead atoms. The van der Waals surface area contributed by atoms with Gasteiger partial charge in [-0.05, 0) is 77.9 Å². The first-order valence-corrected chi connectivity index (χ1v) is 25.0. The molecule has 4 heterocycles. The smallest absolute Gasteiger partial charge is 0.164 e. The molecule has 0 amide bonds. The van der Waals surface area contributed by atoms with Crippen LogP contribution in [-0.4, -0.2) is 52.2 Å². The largest absolute Gasteiger partial charge is 0.309 e. The van der Waals surface area contributed by atoms with Crippen molar-refractivity contribution in [2.45, 2.75) is 0 Å². The van der Waals surface area contributed by atoms with Gasteiger partial charge >= 0.3 is 0 Å². The van der Waals surface area contributed by atoms with E-state index >= 15 is 0 Å². The molecule has 0 fully saturated rings. The molecule has 0 aliphatic carbocycles. The fourth-order valence-corrected chi connectivity index (χ4v) is 11.6. The number of hydrogen-bond donors (Lipinski definition) is 0. The Morgan fingerprint density at radius 3 is 1.46 bits per heavy atom. The maximum absolute atomic E-state index is 11.6. The summed E-state index contributed by atoms with van der Waals surface area (Å²) in [4.78, 5) is 16.0. The third-order valence-electron chi connectivity index (χ3n) is 15.2. The summed E-state index contributed by atoms with van der Waals surface area (Å²) in [5, 5.41) is 18.4. The van der Waals surface area contributed by atoms with Gasteiger partial charge in [0.25, 0.3) is 0 Å². The minimum Gasteiger partial charge on any atom is -0.309 e. The third kappa shape index (κ3) is 6.53. The molecule has 7 nitrogen and oxygen atoms in total. The fourth-order valence-electron chi connectivity index (χ4n) is 11.6. The number of nitrogens with zero attached hydrogens (tertiary/aromatic N) is 7. The van der Waals surface area contributed by atoms with Crippen molar-refractivity contribution >= 4 is 105 Å². The van der Waals surface area contributed by atoms with Crippen molar-refractivity contribution in [2.75, 3.05) is 0 Å². The highest BCUT2D eigenvalue weighted by Crippen LogP contribution is 2.43. The number of hydrogen-bond acceptors (Lipinski definition) is 4. The van der Waals surface area contributed by atoms with E-state index in [9.17, 15) is 5.26 Å². The monoisotopic (exact) mass is 941 g/mol. The Morgan fingerprint density at radius 2 is 0.811 bits per heavy atom. The molecular formula is C64H42B3N7. The molecule has 0 saturated heterocycles. The SMILES string of the molecule is Bc1c(B)c(-n2c3ccccc3c3ccc4c(c5ccccc5n4-c4ccccc4)c32)c(C#N)c(B)c1-c1nc(-c2ccc(-c3ccccc3)cc2)nc(-c2ccc3c(c2)c2ccccc2n3-c2ccccc2)n1. The van der Waals surface area contributed by atoms with Gasteiger partial charge in [-0.1, -0.05) is 168 Å². The van der Waals surface area contributed by atoms with E-state index < -0.39 is 0 Å². The van der Waals surface area contributed by atoms with Crippen molar-refractivity contribution < 1.29 is 0 Å². The van der Waals surface area contributed by atoms with Crippen LogP contribution < -0.4 is 16.4 Å². The van der Waals surface area contributed by atoms with E-state index in [-0.39, 0.29) is 0 Å². The summed E-state index contributed by atoms with van der Waals surface area (Å²) < 4.78 is 7.02. The molecule has 0 spiro atoms. The fraction of sp³-hybridized carbons (Fsp3) is 0. The van der Waals surface area contributed by atoms with Crippen LogP contribution in [0.15, 0.2) is 218 Å². The van der Waals surface area contributed by atoms with Gasteiger partial charge in [-0.25, -0.2) is 15.0 Å². The van der Waals surface area contributed by atoms with Gasteiger partial charge in [0.1, 0.15) is 29.6 Å². The average molecular weight is 942 g/mol. The zero-order valence-electron chi connectivity index (χ0n) is 40.9. The minimum absolute atomic E-state index is 0.514. The molecule has 14 aromatic rings. The van der Waals surface area contributed by atoms with Crippen molar-refractivity contribution in [3.8, 4) is 68.4 Å². The Bertz CT molecular complexity index is 4630. The molecular weight excluding hydrogens is 899 g/mol. The third-order valence-corrected chi connectivity index (χ3v) is 15.2. The highest BCUT2D eigenvalue weighted by atomic mass is 15.0. The van der Waals surface area contributed by atoms with Gasteiger partial charge in [0.2, 0.25) is 0 Å². The average Bonchev–Trinajstić information content (AvgIpc) is 4.18. The second-order valence-corrected chi connectivity index (χ2v) is 19.2. The molecule has 0 unspecified atom stereocenters. The zero-order valence-corrected chi connectivity index (χ0v) is 40.9. The molecule has 10 heteroatoms. The number of rotatable bonds is 7. The summed E-state index contributed by atoms with van der Waals surface area (Å²) in [5.41, 5.74) is 17.7. The maximum atomic E-state index is 11.6. The number of para-hydroxylation sites is 5. The molecule has 342 valence electrons. The van der Waals surface area contributed by atoms with Crippen LogP contribution in [0.5, 0.6) is 0 Å². The molecule has 0 aliphatic rings.